The minimum atomic E-state index is -0.170. The van der Waals surface area contributed by atoms with E-state index < -0.39 is 0 Å². The van der Waals surface area contributed by atoms with Crippen LogP contribution in [0.4, 0.5) is 0 Å². The quantitative estimate of drug-likeness (QED) is 0.566. The van der Waals surface area contributed by atoms with Gasteiger partial charge in [0.25, 0.3) is 0 Å². The lowest BCUT2D eigenvalue weighted by molar-refractivity contribution is 0.0990. The van der Waals surface area contributed by atoms with Crippen molar-refractivity contribution < 1.29 is 9.59 Å². The Morgan fingerprint density at radius 1 is 0.941 bits per heavy atom. The first kappa shape index (κ1) is 10.2. The van der Waals surface area contributed by atoms with Crippen LogP contribution >= 0.6 is 11.3 Å². The number of ketones is 2. The van der Waals surface area contributed by atoms with Gasteiger partial charge in [-0.25, -0.2) is 0 Å². The Balaban J connectivity index is 2.13. The number of hydrogen-bond acceptors (Lipinski definition) is 3. The van der Waals surface area contributed by atoms with Crippen molar-refractivity contribution in [3.05, 3.63) is 63.4 Å². The highest BCUT2D eigenvalue weighted by atomic mass is 32.1. The van der Waals surface area contributed by atoms with Gasteiger partial charge in [-0.1, -0.05) is 24.3 Å². The normalized spacial score (nSPS) is 14.0. The Morgan fingerprint density at radius 3 is 2.12 bits per heavy atom. The molecule has 3 rings (SSSR count). The van der Waals surface area contributed by atoms with Crippen molar-refractivity contribution in [2.75, 3.05) is 0 Å². The predicted octanol–water partition coefficient (Wildman–Crippen LogP) is 3.21. The third-order valence-corrected chi connectivity index (χ3v) is 3.46. The van der Waals surface area contributed by atoms with Crippen LogP contribution in [0.25, 0.3) is 6.08 Å². The number of rotatable bonds is 1. The highest BCUT2D eigenvalue weighted by molar-refractivity contribution is 7.08. The van der Waals surface area contributed by atoms with Crippen LogP contribution < -0.4 is 0 Å². The van der Waals surface area contributed by atoms with Gasteiger partial charge in [-0.05, 0) is 28.5 Å². The number of Topliss-reactive ketones (excluding diaryl/α,β-unsaturated/α-hetero) is 2. The Kier molecular flexibility index (Phi) is 2.27. The van der Waals surface area contributed by atoms with E-state index in [2.05, 4.69) is 0 Å². The van der Waals surface area contributed by atoms with E-state index in [1.807, 2.05) is 16.8 Å². The Morgan fingerprint density at radius 2 is 1.59 bits per heavy atom. The average Bonchev–Trinajstić information content (AvgIpc) is 2.94. The first-order valence-electron chi connectivity index (χ1n) is 5.20. The second-order valence-electron chi connectivity index (χ2n) is 3.82. The van der Waals surface area contributed by atoms with Crippen LogP contribution in [0.2, 0.25) is 0 Å². The Labute approximate surface area is 102 Å². The molecular weight excluding hydrogens is 232 g/mol. The standard InChI is InChI=1S/C14H8O2S/c15-13-10-3-1-2-4-11(10)14(16)12(13)7-9-5-6-17-8-9/h1-8H. The third kappa shape index (κ3) is 1.56. The molecule has 0 fully saturated rings. The minimum absolute atomic E-state index is 0.170. The molecule has 3 heteroatoms. The topological polar surface area (TPSA) is 34.1 Å². The smallest absolute Gasteiger partial charge is 0.197 e. The summed E-state index contributed by atoms with van der Waals surface area (Å²) in [6.45, 7) is 0. The number of hydrogen-bond donors (Lipinski definition) is 0. The molecule has 1 aromatic carbocycles. The molecule has 0 radical (unpaired) electrons. The van der Waals surface area contributed by atoms with Crippen LogP contribution in [0.15, 0.2) is 46.7 Å². The lowest BCUT2D eigenvalue weighted by Gasteiger charge is -1.91. The summed E-state index contributed by atoms with van der Waals surface area (Å²) in [6.07, 6.45) is 1.67. The molecule has 2 aromatic rings. The first-order valence-corrected chi connectivity index (χ1v) is 6.14. The van der Waals surface area contributed by atoms with Gasteiger partial charge in [-0.2, -0.15) is 11.3 Å². The molecule has 0 saturated carbocycles. The van der Waals surface area contributed by atoms with E-state index in [4.69, 9.17) is 0 Å². The van der Waals surface area contributed by atoms with Crippen LogP contribution in [0.1, 0.15) is 26.3 Å². The summed E-state index contributed by atoms with van der Waals surface area (Å²) in [5.74, 6) is -0.339. The second kappa shape index (κ2) is 3.79. The zero-order chi connectivity index (χ0) is 11.8. The number of thiophene rings is 1. The second-order valence-corrected chi connectivity index (χ2v) is 4.60. The lowest BCUT2D eigenvalue weighted by Crippen LogP contribution is -1.99. The SMILES string of the molecule is O=C1C(=Cc2ccsc2)C(=O)c2ccccc21. The van der Waals surface area contributed by atoms with E-state index in [0.29, 0.717) is 11.1 Å². The van der Waals surface area contributed by atoms with Crippen molar-refractivity contribution in [3.8, 4) is 0 Å². The molecule has 0 bridgehead atoms. The van der Waals surface area contributed by atoms with Crippen molar-refractivity contribution in [1.29, 1.82) is 0 Å². The molecule has 0 aliphatic heterocycles. The van der Waals surface area contributed by atoms with Gasteiger partial charge in [0.05, 0.1) is 5.57 Å². The molecular formula is C14H8O2S. The summed E-state index contributed by atoms with van der Waals surface area (Å²) < 4.78 is 0. The summed E-state index contributed by atoms with van der Waals surface area (Å²) in [4.78, 5) is 24.1. The van der Waals surface area contributed by atoms with Crippen LogP contribution in [0, 0.1) is 0 Å². The van der Waals surface area contributed by atoms with E-state index >= 15 is 0 Å². The first-order chi connectivity index (χ1) is 8.27. The van der Waals surface area contributed by atoms with Gasteiger partial charge < -0.3 is 0 Å². The van der Waals surface area contributed by atoms with Crippen LogP contribution in [0.3, 0.4) is 0 Å². The maximum Gasteiger partial charge on any atom is 0.197 e. The molecule has 1 heterocycles. The monoisotopic (exact) mass is 240 g/mol. The molecule has 82 valence electrons. The molecule has 1 aliphatic carbocycles. The fourth-order valence-electron chi connectivity index (χ4n) is 1.93. The van der Waals surface area contributed by atoms with E-state index in [1.54, 1.807) is 41.7 Å². The molecule has 0 amide bonds. The van der Waals surface area contributed by atoms with Gasteiger partial charge in [-0.3, -0.25) is 9.59 Å². The predicted molar refractivity (Wildman–Crippen MR) is 67.4 cm³/mol. The number of benzene rings is 1. The Bertz CT molecular complexity index is 599. The van der Waals surface area contributed by atoms with E-state index in [9.17, 15) is 9.59 Å². The molecule has 17 heavy (non-hydrogen) atoms. The number of carbonyl (C=O) groups is 2. The van der Waals surface area contributed by atoms with E-state index in [-0.39, 0.29) is 17.1 Å². The van der Waals surface area contributed by atoms with Crippen molar-refractivity contribution in [2.24, 2.45) is 0 Å². The van der Waals surface area contributed by atoms with E-state index in [0.717, 1.165) is 5.56 Å². The molecule has 1 aromatic heterocycles. The van der Waals surface area contributed by atoms with Crippen molar-refractivity contribution >= 4 is 29.0 Å². The van der Waals surface area contributed by atoms with Crippen molar-refractivity contribution in [2.45, 2.75) is 0 Å². The number of carbonyl (C=O) groups excluding carboxylic acids is 2. The molecule has 1 aliphatic rings. The van der Waals surface area contributed by atoms with Crippen LogP contribution in [-0.4, -0.2) is 11.6 Å². The minimum Gasteiger partial charge on any atom is -0.288 e. The van der Waals surface area contributed by atoms with Gasteiger partial charge in [0.2, 0.25) is 0 Å². The summed E-state index contributed by atoms with van der Waals surface area (Å²) in [5, 5.41) is 3.83. The molecule has 0 N–H and O–H groups in total. The highest BCUT2D eigenvalue weighted by Crippen LogP contribution is 2.27. The summed E-state index contributed by atoms with van der Waals surface area (Å²) in [5.41, 5.74) is 2.20. The number of allylic oxidation sites excluding steroid dienone is 1. The van der Waals surface area contributed by atoms with Gasteiger partial charge in [0.1, 0.15) is 0 Å². The third-order valence-electron chi connectivity index (χ3n) is 2.76. The van der Waals surface area contributed by atoms with Gasteiger partial charge in [0.15, 0.2) is 11.6 Å². The summed E-state index contributed by atoms with van der Waals surface area (Å²) in [7, 11) is 0. The van der Waals surface area contributed by atoms with Crippen molar-refractivity contribution in [1.82, 2.24) is 0 Å². The summed E-state index contributed by atoms with van der Waals surface area (Å²) >= 11 is 1.54. The fourth-order valence-corrected chi connectivity index (χ4v) is 2.55. The van der Waals surface area contributed by atoms with Gasteiger partial charge >= 0.3 is 0 Å². The fraction of sp³-hybridized carbons (Fsp3) is 0. The highest BCUT2D eigenvalue weighted by Gasteiger charge is 2.32. The molecule has 0 atom stereocenters. The largest absolute Gasteiger partial charge is 0.288 e. The zero-order valence-electron chi connectivity index (χ0n) is 8.84. The molecule has 2 nitrogen and oxygen atoms in total. The maximum atomic E-state index is 12.0. The van der Waals surface area contributed by atoms with Gasteiger partial charge in [-0.15, -0.1) is 0 Å². The number of fused-ring (bicyclic) bond motifs is 1. The van der Waals surface area contributed by atoms with E-state index in [1.165, 1.54) is 0 Å². The summed E-state index contributed by atoms with van der Waals surface area (Å²) in [6, 6.07) is 8.84. The van der Waals surface area contributed by atoms with Gasteiger partial charge in [0, 0.05) is 11.1 Å². The molecule has 0 spiro atoms. The average molecular weight is 240 g/mol. The Hall–Kier alpha value is -2.00. The zero-order valence-corrected chi connectivity index (χ0v) is 9.66. The van der Waals surface area contributed by atoms with Crippen molar-refractivity contribution in [3.63, 3.8) is 0 Å². The molecule has 0 saturated heterocycles. The van der Waals surface area contributed by atoms with Crippen LogP contribution in [-0.2, 0) is 0 Å². The molecule has 0 unspecified atom stereocenters. The van der Waals surface area contributed by atoms with Crippen LogP contribution in [0.5, 0.6) is 0 Å². The lowest BCUT2D eigenvalue weighted by atomic mass is 10.1. The maximum absolute atomic E-state index is 12.0.